The molecule has 0 N–H and O–H groups in total. The predicted molar refractivity (Wildman–Crippen MR) is 85.4 cm³/mol. The van der Waals surface area contributed by atoms with Crippen molar-refractivity contribution in [1.29, 1.82) is 0 Å². The maximum atomic E-state index is 5.89. The predicted octanol–water partition coefficient (Wildman–Crippen LogP) is 4.49. The maximum Gasteiger partial charge on any atom is 0.160 e. The molecule has 1 saturated heterocycles. The molecule has 0 aromatic carbocycles. The van der Waals surface area contributed by atoms with Crippen molar-refractivity contribution in [1.82, 2.24) is 0 Å². The van der Waals surface area contributed by atoms with E-state index in [0.29, 0.717) is 25.0 Å². The van der Waals surface area contributed by atoms with Gasteiger partial charge in [-0.3, -0.25) is 0 Å². The van der Waals surface area contributed by atoms with E-state index in [1.165, 1.54) is 38.5 Å². The highest BCUT2D eigenvalue weighted by molar-refractivity contribution is 6.25. The first-order valence-electron chi connectivity index (χ1n) is 8.45. The minimum absolute atomic E-state index is 0.0265. The SMILES string of the molecule is CCCCCO[C@H]1CO[C@H]([C@H]2CC[C@H](/C=C/Cl)CC2)OC1. The third-order valence-electron chi connectivity index (χ3n) is 4.54. The van der Waals surface area contributed by atoms with Crippen molar-refractivity contribution in [2.24, 2.45) is 11.8 Å². The molecule has 2 aliphatic rings. The first kappa shape index (κ1) is 17.3. The van der Waals surface area contributed by atoms with Crippen LogP contribution in [0.15, 0.2) is 11.6 Å². The Bertz CT molecular complexity index is 292. The highest BCUT2D eigenvalue weighted by atomic mass is 35.5. The zero-order valence-corrected chi connectivity index (χ0v) is 13.9. The van der Waals surface area contributed by atoms with Crippen LogP contribution in [0.5, 0.6) is 0 Å². The highest BCUT2D eigenvalue weighted by Gasteiger charge is 2.32. The van der Waals surface area contributed by atoms with E-state index < -0.39 is 0 Å². The van der Waals surface area contributed by atoms with Crippen LogP contribution in [-0.2, 0) is 14.2 Å². The Morgan fingerprint density at radius 2 is 1.81 bits per heavy atom. The van der Waals surface area contributed by atoms with Gasteiger partial charge in [0.25, 0.3) is 0 Å². The number of rotatable bonds is 7. The van der Waals surface area contributed by atoms with E-state index in [4.69, 9.17) is 25.8 Å². The van der Waals surface area contributed by atoms with E-state index in [-0.39, 0.29) is 12.4 Å². The molecule has 1 saturated carbocycles. The number of hydrogen-bond acceptors (Lipinski definition) is 3. The molecule has 1 aliphatic heterocycles. The molecule has 21 heavy (non-hydrogen) atoms. The largest absolute Gasteiger partial charge is 0.373 e. The fourth-order valence-electron chi connectivity index (χ4n) is 3.18. The maximum absolute atomic E-state index is 5.89. The monoisotopic (exact) mass is 316 g/mol. The van der Waals surface area contributed by atoms with E-state index in [1.807, 2.05) is 0 Å². The average molecular weight is 317 g/mol. The Balaban J connectivity index is 1.61. The second-order valence-electron chi connectivity index (χ2n) is 6.23. The molecule has 0 amide bonds. The standard InChI is InChI=1S/C17H29ClO3/c1-2-3-4-11-19-16-12-20-17(21-13-16)15-7-5-14(6-8-15)9-10-18/h9-10,14-17H,2-8,11-13H2,1H3/b10-9+/t14-,15-,16-,17-. The van der Waals surface area contributed by atoms with Crippen molar-refractivity contribution in [3.8, 4) is 0 Å². The molecule has 0 aromatic rings. The Hall–Kier alpha value is -0.0900. The van der Waals surface area contributed by atoms with Gasteiger partial charge in [-0.15, -0.1) is 0 Å². The minimum Gasteiger partial charge on any atom is -0.373 e. The Kier molecular flexibility index (Phi) is 8.08. The number of ether oxygens (including phenoxy) is 3. The van der Waals surface area contributed by atoms with Gasteiger partial charge in [-0.1, -0.05) is 37.4 Å². The quantitative estimate of drug-likeness (QED) is 0.647. The summed E-state index contributed by atoms with van der Waals surface area (Å²) < 4.78 is 17.6. The molecular formula is C17H29ClO3. The number of hydrogen-bond donors (Lipinski definition) is 0. The van der Waals surface area contributed by atoms with Crippen LogP contribution in [0.4, 0.5) is 0 Å². The van der Waals surface area contributed by atoms with Gasteiger partial charge in [0.05, 0.1) is 13.2 Å². The lowest BCUT2D eigenvalue weighted by molar-refractivity contribution is -0.249. The van der Waals surface area contributed by atoms with Crippen LogP contribution in [0.3, 0.4) is 0 Å². The summed E-state index contributed by atoms with van der Waals surface area (Å²) in [5, 5.41) is 0. The molecule has 2 fully saturated rings. The molecule has 2 rings (SSSR count). The van der Waals surface area contributed by atoms with Gasteiger partial charge in [0, 0.05) is 18.1 Å². The summed E-state index contributed by atoms with van der Waals surface area (Å²) >= 11 is 5.65. The smallest absolute Gasteiger partial charge is 0.160 e. The summed E-state index contributed by atoms with van der Waals surface area (Å²) in [6, 6.07) is 0. The fraction of sp³-hybridized carbons (Fsp3) is 0.882. The Morgan fingerprint density at radius 1 is 1.10 bits per heavy atom. The van der Waals surface area contributed by atoms with Crippen molar-refractivity contribution in [3.63, 3.8) is 0 Å². The van der Waals surface area contributed by atoms with Crippen LogP contribution in [0.25, 0.3) is 0 Å². The van der Waals surface area contributed by atoms with Gasteiger partial charge in [0.1, 0.15) is 6.10 Å². The first-order chi connectivity index (χ1) is 10.3. The van der Waals surface area contributed by atoms with Crippen molar-refractivity contribution in [2.75, 3.05) is 19.8 Å². The van der Waals surface area contributed by atoms with Crippen molar-refractivity contribution in [3.05, 3.63) is 11.6 Å². The van der Waals surface area contributed by atoms with Crippen molar-refractivity contribution < 1.29 is 14.2 Å². The molecule has 0 aromatic heterocycles. The van der Waals surface area contributed by atoms with E-state index in [9.17, 15) is 0 Å². The fourth-order valence-corrected chi connectivity index (χ4v) is 3.39. The second-order valence-corrected chi connectivity index (χ2v) is 6.48. The molecule has 0 radical (unpaired) electrons. The van der Waals surface area contributed by atoms with Crippen LogP contribution in [0, 0.1) is 11.8 Å². The van der Waals surface area contributed by atoms with Crippen LogP contribution in [-0.4, -0.2) is 32.2 Å². The molecule has 3 nitrogen and oxygen atoms in total. The zero-order valence-electron chi connectivity index (χ0n) is 13.1. The normalized spacial score (nSPS) is 34.4. The Labute approximate surface area is 134 Å². The lowest BCUT2D eigenvalue weighted by Gasteiger charge is -2.37. The van der Waals surface area contributed by atoms with Crippen molar-refractivity contribution >= 4 is 11.6 Å². The first-order valence-corrected chi connectivity index (χ1v) is 8.88. The van der Waals surface area contributed by atoms with Crippen LogP contribution >= 0.6 is 11.6 Å². The molecule has 0 bridgehead atoms. The van der Waals surface area contributed by atoms with E-state index >= 15 is 0 Å². The van der Waals surface area contributed by atoms with Gasteiger partial charge >= 0.3 is 0 Å². The van der Waals surface area contributed by atoms with E-state index in [0.717, 1.165) is 13.0 Å². The van der Waals surface area contributed by atoms with E-state index in [2.05, 4.69) is 13.0 Å². The van der Waals surface area contributed by atoms with Gasteiger partial charge < -0.3 is 14.2 Å². The minimum atomic E-state index is -0.0265. The third-order valence-corrected chi connectivity index (χ3v) is 4.69. The molecular weight excluding hydrogens is 288 g/mol. The number of allylic oxidation sites excluding steroid dienone is 1. The summed E-state index contributed by atoms with van der Waals surface area (Å²) in [5.41, 5.74) is 1.65. The molecule has 4 heteroatoms. The molecule has 1 heterocycles. The summed E-state index contributed by atoms with van der Waals surface area (Å²) in [6.07, 6.45) is 10.5. The summed E-state index contributed by atoms with van der Waals surface area (Å²) in [6.45, 7) is 4.39. The van der Waals surface area contributed by atoms with Crippen molar-refractivity contribution in [2.45, 2.75) is 64.3 Å². The third kappa shape index (κ3) is 5.90. The topological polar surface area (TPSA) is 27.7 Å². The van der Waals surface area contributed by atoms with Gasteiger partial charge in [-0.25, -0.2) is 0 Å². The lowest BCUT2D eigenvalue weighted by Crippen LogP contribution is -2.42. The summed E-state index contributed by atoms with van der Waals surface area (Å²) in [7, 11) is 0. The molecule has 1 aliphatic carbocycles. The molecule has 0 atom stereocenters. The van der Waals surface area contributed by atoms with Gasteiger partial charge in [-0.2, -0.15) is 0 Å². The van der Waals surface area contributed by atoms with Crippen LogP contribution < -0.4 is 0 Å². The summed E-state index contributed by atoms with van der Waals surface area (Å²) in [5.74, 6) is 1.17. The van der Waals surface area contributed by atoms with Crippen LogP contribution in [0.2, 0.25) is 0 Å². The highest BCUT2D eigenvalue weighted by Crippen LogP contribution is 2.34. The molecule has 0 spiro atoms. The molecule has 0 unspecified atom stereocenters. The lowest BCUT2D eigenvalue weighted by atomic mass is 9.81. The van der Waals surface area contributed by atoms with Gasteiger partial charge in [0.15, 0.2) is 6.29 Å². The second kappa shape index (κ2) is 9.83. The van der Waals surface area contributed by atoms with Crippen LogP contribution in [0.1, 0.15) is 51.9 Å². The number of halogens is 1. The Morgan fingerprint density at radius 3 is 2.43 bits per heavy atom. The summed E-state index contributed by atoms with van der Waals surface area (Å²) in [4.78, 5) is 0. The zero-order chi connectivity index (χ0) is 14.9. The average Bonchev–Trinajstić information content (AvgIpc) is 2.53. The number of unbranched alkanes of at least 4 members (excludes halogenated alkanes) is 2. The van der Waals surface area contributed by atoms with E-state index in [1.54, 1.807) is 5.54 Å². The van der Waals surface area contributed by atoms with Gasteiger partial charge in [0.2, 0.25) is 0 Å². The molecule has 122 valence electrons. The van der Waals surface area contributed by atoms with Gasteiger partial charge in [-0.05, 0) is 38.0 Å².